The topological polar surface area (TPSA) is 86.7 Å². The summed E-state index contributed by atoms with van der Waals surface area (Å²) in [7, 11) is 0. The number of rotatable bonds is 6. The molecule has 24 heavy (non-hydrogen) atoms. The monoisotopic (exact) mass is 364 g/mol. The third-order valence-electron chi connectivity index (χ3n) is 3.28. The van der Waals surface area contributed by atoms with E-state index in [1.54, 1.807) is 6.08 Å². The zero-order chi connectivity index (χ0) is 17.7. The minimum atomic E-state index is -1.11. The Kier molecular flexibility index (Phi) is 6.10. The highest BCUT2D eigenvalue weighted by molar-refractivity contribution is 8.26. The highest BCUT2D eigenvalue weighted by Gasteiger charge is 2.32. The van der Waals surface area contributed by atoms with Crippen LogP contribution in [0.4, 0.5) is 0 Å². The van der Waals surface area contributed by atoms with Crippen LogP contribution >= 0.6 is 24.0 Å². The van der Waals surface area contributed by atoms with E-state index in [9.17, 15) is 14.4 Å². The van der Waals surface area contributed by atoms with Crippen LogP contribution in [0.15, 0.2) is 35.2 Å². The van der Waals surface area contributed by atoms with Crippen LogP contribution < -0.4 is 5.32 Å². The molecule has 0 aliphatic carbocycles. The number of carboxylic acids is 1. The summed E-state index contributed by atoms with van der Waals surface area (Å²) in [6.45, 7) is 1.50. The molecule has 2 N–H and O–H groups in total. The number of aliphatic carboxylic acids is 1. The second kappa shape index (κ2) is 8.07. The normalized spacial score (nSPS) is 17.2. The Balaban J connectivity index is 1.96. The molecule has 1 fully saturated rings. The number of thiocarbonyl (C=S) groups is 1. The molecule has 126 valence electrons. The van der Waals surface area contributed by atoms with E-state index in [0.717, 1.165) is 5.56 Å². The molecule has 0 aromatic heterocycles. The van der Waals surface area contributed by atoms with E-state index in [0.29, 0.717) is 9.23 Å². The summed E-state index contributed by atoms with van der Waals surface area (Å²) in [5, 5.41) is 11.1. The van der Waals surface area contributed by atoms with Crippen LogP contribution in [0.1, 0.15) is 18.9 Å². The predicted molar refractivity (Wildman–Crippen MR) is 96.2 cm³/mol. The Morgan fingerprint density at radius 2 is 2.04 bits per heavy atom. The number of nitrogens with one attached hydrogen (secondary N) is 1. The molecule has 8 heteroatoms. The van der Waals surface area contributed by atoms with Crippen LogP contribution in [0, 0.1) is 0 Å². The third kappa shape index (κ3) is 4.65. The van der Waals surface area contributed by atoms with Crippen molar-refractivity contribution < 1.29 is 19.5 Å². The summed E-state index contributed by atoms with van der Waals surface area (Å²) in [5.74, 6) is -1.79. The van der Waals surface area contributed by atoms with Gasteiger partial charge < -0.3 is 10.4 Å². The van der Waals surface area contributed by atoms with E-state index in [2.05, 4.69) is 5.32 Å². The summed E-state index contributed by atoms with van der Waals surface area (Å²) in [6.07, 6.45) is 1.74. The first-order chi connectivity index (χ1) is 11.4. The number of nitrogens with zero attached hydrogens (tertiary/aromatic N) is 1. The molecule has 0 spiro atoms. The minimum absolute atomic E-state index is 0.0112. The Bertz CT molecular complexity index is 703. The summed E-state index contributed by atoms with van der Waals surface area (Å²) in [4.78, 5) is 36.7. The molecule has 1 heterocycles. The molecular formula is C16H16N2O4S2. The first-order valence-corrected chi connectivity index (χ1v) is 8.43. The number of benzene rings is 1. The van der Waals surface area contributed by atoms with Crippen LogP contribution in [-0.4, -0.2) is 44.7 Å². The van der Waals surface area contributed by atoms with Crippen LogP contribution in [0.25, 0.3) is 6.08 Å². The molecule has 0 bridgehead atoms. The molecule has 1 unspecified atom stereocenters. The summed E-state index contributed by atoms with van der Waals surface area (Å²) in [5.41, 5.74) is 0.894. The molecule has 0 radical (unpaired) electrons. The summed E-state index contributed by atoms with van der Waals surface area (Å²) >= 11 is 6.38. The Morgan fingerprint density at radius 1 is 1.38 bits per heavy atom. The number of carbonyl (C=O) groups excluding carboxylic acids is 2. The zero-order valence-corrected chi connectivity index (χ0v) is 14.5. The fourth-order valence-electron chi connectivity index (χ4n) is 1.98. The molecule has 0 saturated carbocycles. The number of amides is 2. The van der Waals surface area contributed by atoms with E-state index >= 15 is 0 Å². The molecule has 1 aromatic carbocycles. The van der Waals surface area contributed by atoms with Gasteiger partial charge in [0.1, 0.15) is 10.4 Å². The van der Waals surface area contributed by atoms with Gasteiger partial charge in [0.25, 0.3) is 5.91 Å². The molecular weight excluding hydrogens is 348 g/mol. The first-order valence-electron chi connectivity index (χ1n) is 7.21. The van der Waals surface area contributed by atoms with Crippen molar-refractivity contribution in [3.8, 4) is 0 Å². The number of hydrogen-bond donors (Lipinski definition) is 2. The van der Waals surface area contributed by atoms with Gasteiger partial charge >= 0.3 is 5.97 Å². The Hall–Kier alpha value is -2.19. The number of carbonyl (C=O) groups is 3. The predicted octanol–water partition coefficient (Wildman–Crippen LogP) is 1.87. The highest BCUT2D eigenvalue weighted by atomic mass is 32.2. The number of hydrogen-bond acceptors (Lipinski definition) is 5. The Labute approximate surface area is 148 Å². The molecule has 1 atom stereocenters. The molecule has 1 saturated heterocycles. The average Bonchev–Trinajstić information content (AvgIpc) is 2.80. The van der Waals surface area contributed by atoms with Gasteiger partial charge in [0.15, 0.2) is 0 Å². The van der Waals surface area contributed by atoms with Crippen LogP contribution in [0.5, 0.6) is 0 Å². The van der Waals surface area contributed by atoms with Crippen molar-refractivity contribution in [2.24, 2.45) is 0 Å². The van der Waals surface area contributed by atoms with Crippen molar-refractivity contribution in [2.45, 2.75) is 19.4 Å². The van der Waals surface area contributed by atoms with Crippen molar-refractivity contribution in [1.82, 2.24) is 10.2 Å². The molecule has 2 rings (SSSR count). The number of carboxylic acid groups (broad SMARTS) is 1. The standard InChI is InChI=1S/C16H16N2O4S2/c1-10(15(21)22)17-13(19)7-8-18-14(20)12(24-16(18)23)9-11-5-3-2-4-6-11/h2-6,9-10H,7-8H2,1H3,(H,17,19)(H,21,22). The van der Waals surface area contributed by atoms with E-state index in [1.165, 1.54) is 23.6 Å². The van der Waals surface area contributed by atoms with Crippen LogP contribution in [0.2, 0.25) is 0 Å². The fraction of sp³-hybridized carbons (Fsp3) is 0.250. The maximum Gasteiger partial charge on any atom is 0.325 e. The second-order valence-corrected chi connectivity index (χ2v) is 6.80. The van der Waals surface area contributed by atoms with Gasteiger partial charge in [0.2, 0.25) is 5.91 Å². The molecule has 6 nitrogen and oxygen atoms in total. The van der Waals surface area contributed by atoms with Gasteiger partial charge in [-0.15, -0.1) is 0 Å². The molecule has 1 aliphatic rings. The quantitative estimate of drug-likeness (QED) is 0.592. The van der Waals surface area contributed by atoms with Crippen molar-refractivity contribution >= 4 is 52.2 Å². The SMILES string of the molecule is CC(NC(=O)CCN1C(=O)C(=Cc2ccccc2)SC1=S)C(=O)O. The van der Waals surface area contributed by atoms with E-state index in [-0.39, 0.29) is 18.9 Å². The largest absolute Gasteiger partial charge is 0.480 e. The van der Waals surface area contributed by atoms with Crippen molar-refractivity contribution in [3.63, 3.8) is 0 Å². The van der Waals surface area contributed by atoms with Gasteiger partial charge in [0, 0.05) is 13.0 Å². The smallest absolute Gasteiger partial charge is 0.325 e. The summed E-state index contributed by atoms with van der Waals surface area (Å²) < 4.78 is 0.390. The third-order valence-corrected chi connectivity index (χ3v) is 4.66. The molecule has 1 aliphatic heterocycles. The lowest BCUT2D eigenvalue weighted by Crippen LogP contribution is -2.40. The highest BCUT2D eigenvalue weighted by Crippen LogP contribution is 2.32. The van der Waals surface area contributed by atoms with Gasteiger partial charge in [0.05, 0.1) is 4.91 Å². The first kappa shape index (κ1) is 18.2. The number of thioether (sulfide) groups is 1. The fourth-order valence-corrected chi connectivity index (χ4v) is 3.29. The van der Waals surface area contributed by atoms with Crippen LogP contribution in [-0.2, 0) is 14.4 Å². The molecule has 2 amide bonds. The summed E-state index contributed by atoms with van der Waals surface area (Å²) in [6, 6.07) is 8.43. The van der Waals surface area contributed by atoms with E-state index in [1.807, 2.05) is 30.3 Å². The lowest BCUT2D eigenvalue weighted by Gasteiger charge is -2.15. The van der Waals surface area contributed by atoms with Gasteiger partial charge in [-0.3, -0.25) is 19.3 Å². The van der Waals surface area contributed by atoms with E-state index in [4.69, 9.17) is 17.3 Å². The van der Waals surface area contributed by atoms with E-state index < -0.39 is 17.9 Å². The Morgan fingerprint density at radius 3 is 2.67 bits per heavy atom. The minimum Gasteiger partial charge on any atom is -0.480 e. The second-order valence-electron chi connectivity index (χ2n) is 5.12. The maximum atomic E-state index is 12.4. The average molecular weight is 364 g/mol. The van der Waals surface area contributed by atoms with Crippen molar-refractivity contribution in [1.29, 1.82) is 0 Å². The molecule has 1 aromatic rings. The lowest BCUT2D eigenvalue weighted by molar-refractivity contribution is -0.141. The zero-order valence-electron chi connectivity index (χ0n) is 12.9. The maximum absolute atomic E-state index is 12.4. The van der Waals surface area contributed by atoms with Crippen molar-refractivity contribution in [3.05, 3.63) is 40.8 Å². The lowest BCUT2D eigenvalue weighted by atomic mass is 10.2. The van der Waals surface area contributed by atoms with Crippen molar-refractivity contribution in [2.75, 3.05) is 6.54 Å². The van der Waals surface area contributed by atoms with Crippen LogP contribution in [0.3, 0.4) is 0 Å². The van der Waals surface area contributed by atoms with Gasteiger partial charge in [-0.25, -0.2) is 0 Å². The van der Waals surface area contributed by atoms with Gasteiger partial charge in [-0.2, -0.15) is 0 Å². The van der Waals surface area contributed by atoms with Gasteiger partial charge in [-0.1, -0.05) is 54.3 Å². The van der Waals surface area contributed by atoms with Gasteiger partial charge in [-0.05, 0) is 18.6 Å².